The maximum atomic E-state index is 5.53. The normalized spacial score (nSPS) is 11.4. The van der Waals surface area contributed by atoms with E-state index in [9.17, 15) is 0 Å². The number of halogens is 2. The number of nitrogens with zero attached hydrogens (tertiary/aromatic N) is 3. The predicted octanol–water partition coefficient (Wildman–Crippen LogP) is 3.21. The summed E-state index contributed by atoms with van der Waals surface area (Å²) in [7, 11) is 1.75. The number of hydrogen-bond acceptors (Lipinski definition) is 4. The number of nitrogens with one attached hydrogen (secondary N) is 2. The number of pyridine rings is 1. The van der Waals surface area contributed by atoms with Gasteiger partial charge in [0.05, 0.1) is 32.1 Å². The van der Waals surface area contributed by atoms with Gasteiger partial charge in [0.15, 0.2) is 5.96 Å². The summed E-state index contributed by atoms with van der Waals surface area (Å²) in [5.41, 5.74) is 1.87. The zero-order valence-electron chi connectivity index (χ0n) is 15.9. The van der Waals surface area contributed by atoms with Gasteiger partial charge in [-0.1, -0.05) is 13.3 Å². The number of imidazole rings is 1. The average molecular weight is 554 g/mol. The van der Waals surface area contributed by atoms with Crippen LogP contribution in [0.15, 0.2) is 34.0 Å². The van der Waals surface area contributed by atoms with Crippen LogP contribution in [0.4, 0.5) is 0 Å². The zero-order chi connectivity index (χ0) is 18.6. The van der Waals surface area contributed by atoms with Gasteiger partial charge in [-0.15, -0.1) is 24.0 Å². The molecule has 0 radical (unpaired) electrons. The van der Waals surface area contributed by atoms with E-state index >= 15 is 0 Å². The van der Waals surface area contributed by atoms with E-state index in [4.69, 9.17) is 9.47 Å². The highest BCUT2D eigenvalue weighted by Crippen LogP contribution is 2.12. The summed E-state index contributed by atoms with van der Waals surface area (Å²) in [6.07, 6.45) is 6.25. The minimum absolute atomic E-state index is 0. The van der Waals surface area contributed by atoms with Gasteiger partial charge in [0.1, 0.15) is 5.65 Å². The molecule has 2 aromatic heterocycles. The number of rotatable bonds is 11. The molecule has 0 atom stereocenters. The fourth-order valence-corrected chi connectivity index (χ4v) is 2.66. The highest BCUT2D eigenvalue weighted by molar-refractivity contribution is 14.0. The molecule has 0 aliphatic carbocycles. The van der Waals surface area contributed by atoms with Crippen LogP contribution in [-0.4, -0.2) is 55.4 Å². The molecule has 0 amide bonds. The van der Waals surface area contributed by atoms with E-state index in [-0.39, 0.29) is 24.0 Å². The molecule has 2 rings (SSSR count). The van der Waals surface area contributed by atoms with Crippen molar-refractivity contribution in [2.24, 2.45) is 4.99 Å². The number of fused-ring (bicyclic) bond motifs is 1. The molecule has 0 aliphatic rings. The standard InChI is InChI=1S/C18H28BrN5O2.HI/c1-3-4-8-25-10-11-26-9-7-21-18(20-2)22-12-16-14-24-13-15(19)5-6-17(24)23-16;/h5-6,13-14H,3-4,7-12H2,1-2H3,(H2,20,21,22);1H. The molecule has 152 valence electrons. The third-order valence-corrected chi connectivity index (χ3v) is 4.15. The first-order chi connectivity index (χ1) is 12.7. The molecule has 7 nitrogen and oxygen atoms in total. The van der Waals surface area contributed by atoms with Gasteiger partial charge in [0, 0.05) is 37.1 Å². The molecule has 27 heavy (non-hydrogen) atoms. The molecule has 0 saturated carbocycles. The summed E-state index contributed by atoms with van der Waals surface area (Å²) in [6.45, 7) is 6.14. The lowest BCUT2D eigenvalue weighted by Gasteiger charge is -2.11. The van der Waals surface area contributed by atoms with Crippen LogP contribution in [-0.2, 0) is 16.0 Å². The molecule has 0 saturated heterocycles. The largest absolute Gasteiger partial charge is 0.379 e. The SMILES string of the molecule is CCCCOCCOCCNC(=NC)NCc1cn2cc(Br)ccc2n1.I. The van der Waals surface area contributed by atoms with Crippen molar-refractivity contribution >= 4 is 51.5 Å². The van der Waals surface area contributed by atoms with E-state index in [1.54, 1.807) is 7.05 Å². The minimum Gasteiger partial charge on any atom is -0.379 e. The first-order valence-electron chi connectivity index (χ1n) is 8.96. The van der Waals surface area contributed by atoms with Crippen molar-refractivity contribution in [2.45, 2.75) is 26.3 Å². The topological polar surface area (TPSA) is 72.2 Å². The molecule has 0 fully saturated rings. The molecule has 2 N–H and O–H groups in total. The van der Waals surface area contributed by atoms with Crippen molar-refractivity contribution < 1.29 is 9.47 Å². The van der Waals surface area contributed by atoms with E-state index in [0.29, 0.717) is 32.9 Å². The summed E-state index contributed by atoms with van der Waals surface area (Å²) in [5.74, 6) is 0.728. The number of hydrogen-bond donors (Lipinski definition) is 2. The Morgan fingerprint density at radius 3 is 2.67 bits per heavy atom. The van der Waals surface area contributed by atoms with Gasteiger partial charge in [0.2, 0.25) is 0 Å². The van der Waals surface area contributed by atoms with Gasteiger partial charge >= 0.3 is 0 Å². The maximum absolute atomic E-state index is 5.53. The molecule has 0 aromatic carbocycles. The third kappa shape index (κ3) is 9.22. The molecule has 2 aromatic rings. The second kappa shape index (κ2) is 14.1. The summed E-state index contributed by atoms with van der Waals surface area (Å²) >= 11 is 3.46. The summed E-state index contributed by atoms with van der Waals surface area (Å²) < 4.78 is 14.0. The lowest BCUT2D eigenvalue weighted by molar-refractivity contribution is 0.0487. The molecule has 2 heterocycles. The Bertz CT molecular complexity index is 695. The Balaban J connectivity index is 0.00000364. The second-order valence-corrected chi connectivity index (χ2v) is 6.69. The van der Waals surface area contributed by atoms with Crippen LogP contribution in [0.3, 0.4) is 0 Å². The molecular weight excluding hydrogens is 525 g/mol. The molecule has 0 spiro atoms. The van der Waals surface area contributed by atoms with Crippen LogP contribution in [0.25, 0.3) is 5.65 Å². The average Bonchev–Trinajstić information content (AvgIpc) is 3.04. The van der Waals surface area contributed by atoms with E-state index in [2.05, 4.69) is 43.5 Å². The number of ether oxygens (including phenoxy) is 2. The molecule has 0 aliphatic heterocycles. The van der Waals surface area contributed by atoms with E-state index in [1.165, 1.54) is 0 Å². The third-order valence-electron chi connectivity index (χ3n) is 3.68. The number of unbranched alkanes of at least 4 members (excludes halogenated alkanes) is 1. The highest BCUT2D eigenvalue weighted by Gasteiger charge is 2.03. The van der Waals surface area contributed by atoms with E-state index in [0.717, 1.165) is 41.2 Å². The predicted molar refractivity (Wildman–Crippen MR) is 123 cm³/mol. The van der Waals surface area contributed by atoms with Crippen LogP contribution in [0, 0.1) is 0 Å². The van der Waals surface area contributed by atoms with Crippen LogP contribution >= 0.6 is 39.9 Å². The second-order valence-electron chi connectivity index (χ2n) is 5.78. The maximum Gasteiger partial charge on any atom is 0.191 e. The Kier molecular flexibility index (Phi) is 12.6. The fraction of sp³-hybridized carbons (Fsp3) is 0.556. The van der Waals surface area contributed by atoms with Crippen molar-refractivity contribution in [3.05, 3.63) is 34.7 Å². The summed E-state index contributed by atoms with van der Waals surface area (Å²) in [4.78, 5) is 8.78. The van der Waals surface area contributed by atoms with Crippen molar-refractivity contribution in [3.8, 4) is 0 Å². The summed E-state index contributed by atoms with van der Waals surface area (Å²) in [6, 6.07) is 3.96. The number of aromatic nitrogens is 2. The van der Waals surface area contributed by atoms with Crippen molar-refractivity contribution in [3.63, 3.8) is 0 Å². The van der Waals surface area contributed by atoms with Gasteiger partial charge in [-0.05, 0) is 34.5 Å². The van der Waals surface area contributed by atoms with Crippen molar-refractivity contribution in [1.29, 1.82) is 0 Å². The van der Waals surface area contributed by atoms with Crippen LogP contribution in [0.2, 0.25) is 0 Å². The number of guanidine groups is 1. The van der Waals surface area contributed by atoms with Crippen LogP contribution < -0.4 is 10.6 Å². The van der Waals surface area contributed by atoms with E-state index < -0.39 is 0 Å². The summed E-state index contributed by atoms with van der Waals surface area (Å²) in [5, 5.41) is 6.48. The number of aliphatic imine (C=N–C) groups is 1. The van der Waals surface area contributed by atoms with Crippen molar-refractivity contribution in [1.82, 2.24) is 20.0 Å². The smallest absolute Gasteiger partial charge is 0.191 e. The highest BCUT2D eigenvalue weighted by atomic mass is 127. The van der Waals surface area contributed by atoms with Gasteiger partial charge in [-0.2, -0.15) is 0 Å². The first kappa shape index (κ1) is 24.1. The quantitative estimate of drug-likeness (QED) is 0.193. The lowest BCUT2D eigenvalue weighted by atomic mass is 10.4. The van der Waals surface area contributed by atoms with Crippen LogP contribution in [0.5, 0.6) is 0 Å². The van der Waals surface area contributed by atoms with Gasteiger partial charge in [-0.25, -0.2) is 4.98 Å². The Hall–Kier alpha value is -0.910. The monoisotopic (exact) mass is 553 g/mol. The minimum atomic E-state index is 0. The Morgan fingerprint density at radius 2 is 1.93 bits per heavy atom. The molecule has 0 bridgehead atoms. The van der Waals surface area contributed by atoms with Crippen LogP contribution in [0.1, 0.15) is 25.5 Å². The van der Waals surface area contributed by atoms with E-state index in [1.807, 2.05) is 28.9 Å². The fourth-order valence-electron chi connectivity index (χ4n) is 2.31. The van der Waals surface area contributed by atoms with Gasteiger partial charge < -0.3 is 24.5 Å². The Morgan fingerprint density at radius 1 is 1.15 bits per heavy atom. The Labute approximate surface area is 186 Å². The van der Waals surface area contributed by atoms with Gasteiger partial charge in [0.25, 0.3) is 0 Å². The lowest BCUT2D eigenvalue weighted by Crippen LogP contribution is -2.38. The zero-order valence-corrected chi connectivity index (χ0v) is 19.8. The van der Waals surface area contributed by atoms with Gasteiger partial charge in [-0.3, -0.25) is 4.99 Å². The first-order valence-corrected chi connectivity index (χ1v) is 9.75. The molecule has 0 unspecified atom stereocenters. The van der Waals surface area contributed by atoms with Crippen molar-refractivity contribution in [2.75, 3.05) is 40.0 Å². The molecular formula is C18H29BrIN5O2. The molecule has 9 heteroatoms.